The third-order valence-electron chi connectivity index (χ3n) is 4.89. The normalized spacial score (nSPS) is 23.4. The standard InChI is InChI=1S/C20H27NO4S/c1-20(2,3)25-19(22)21-16-6-5-7-17(21)13-15(12-16)14-8-10-18(11-9-14)26(4,23)24/h8-12,16-17H,5-7,13H2,1-4H3. The van der Waals surface area contributed by atoms with Crippen molar-refractivity contribution in [1.82, 2.24) is 4.90 Å². The van der Waals surface area contributed by atoms with Crippen molar-refractivity contribution in [1.29, 1.82) is 0 Å². The van der Waals surface area contributed by atoms with Crippen LogP contribution in [-0.2, 0) is 14.6 Å². The van der Waals surface area contributed by atoms with E-state index in [1.807, 2.05) is 37.8 Å². The first-order valence-electron chi connectivity index (χ1n) is 9.07. The number of piperidine rings is 1. The molecule has 1 aromatic rings. The van der Waals surface area contributed by atoms with Crippen LogP contribution in [0.4, 0.5) is 4.79 Å². The van der Waals surface area contributed by atoms with Gasteiger partial charge in [0.05, 0.1) is 10.9 Å². The Morgan fingerprint density at radius 1 is 1.15 bits per heavy atom. The summed E-state index contributed by atoms with van der Waals surface area (Å²) >= 11 is 0. The second-order valence-corrected chi connectivity index (χ2v) is 10.2. The Kier molecular flexibility index (Phi) is 4.90. The molecule has 3 rings (SSSR count). The molecule has 0 aliphatic carbocycles. The van der Waals surface area contributed by atoms with Crippen molar-refractivity contribution in [3.63, 3.8) is 0 Å². The van der Waals surface area contributed by atoms with Gasteiger partial charge in [0.25, 0.3) is 0 Å². The van der Waals surface area contributed by atoms with Crippen molar-refractivity contribution >= 4 is 21.5 Å². The number of hydrogen-bond acceptors (Lipinski definition) is 4. The van der Waals surface area contributed by atoms with Gasteiger partial charge in [-0.15, -0.1) is 0 Å². The molecule has 2 atom stereocenters. The fraction of sp³-hybridized carbons (Fsp3) is 0.550. The molecule has 2 heterocycles. The molecular weight excluding hydrogens is 350 g/mol. The van der Waals surface area contributed by atoms with Gasteiger partial charge in [-0.2, -0.15) is 0 Å². The lowest BCUT2D eigenvalue weighted by atomic mass is 9.83. The topological polar surface area (TPSA) is 63.7 Å². The van der Waals surface area contributed by atoms with Crippen LogP contribution in [0.3, 0.4) is 0 Å². The minimum atomic E-state index is -3.19. The van der Waals surface area contributed by atoms with Gasteiger partial charge in [-0.1, -0.05) is 18.2 Å². The first kappa shape index (κ1) is 19.0. The number of ether oxygens (including phenoxy) is 1. The Morgan fingerprint density at radius 3 is 2.35 bits per heavy atom. The molecule has 26 heavy (non-hydrogen) atoms. The molecule has 1 saturated heterocycles. The van der Waals surface area contributed by atoms with Crippen molar-refractivity contribution in [2.45, 2.75) is 69.0 Å². The maximum Gasteiger partial charge on any atom is 0.411 e. The first-order chi connectivity index (χ1) is 12.0. The Bertz CT molecular complexity index is 818. The first-order valence-corrected chi connectivity index (χ1v) is 11.0. The summed E-state index contributed by atoms with van der Waals surface area (Å²) in [6, 6.07) is 7.21. The van der Waals surface area contributed by atoms with Crippen LogP contribution in [0, 0.1) is 0 Å². The molecule has 2 aliphatic heterocycles. The van der Waals surface area contributed by atoms with E-state index >= 15 is 0 Å². The number of carbonyl (C=O) groups is 1. The Morgan fingerprint density at radius 2 is 1.81 bits per heavy atom. The third kappa shape index (κ3) is 4.11. The van der Waals surface area contributed by atoms with E-state index in [0.717, 1.165) is 31.2 Å². The molecule has 2 aliphatic rings. The highest BCUT2D eigenvalue weighted by atomic mass is 32.2. The predicted molar refractivity (Wildman–Crippen MR) is 102 cm³/mol. The van der Waals surface area contributed by atoms with Crippen LogP contribution in [0.1, 0.15) is 52.0 Å². The van der Waals surface area contributed by atoms with E-state index in [1.54, 1.807) is 12.1 Å². The van der Waals surface area contributed by atoms with E-state index < -0.39 is 15.4 Å². The van der Waals surface area contributed by atoms with Crippen LogP contribution >= 0.6 is 0 Å². The smallest absolute Gasteiger partial charge is 0.411 e. The number of nitrogens with zero attached hydrogens (tertiary/aromatic N) is 1. The van der Waals surface area contributed by atoms with Crippen LogP contribution in [0.25, 0.3) is 5.57 Å². The summed E-state index contributed by atoms with van der Waals surface area (Å²) in [6.45, 7) is 5.65. The van der Waals surface area contributed by atoms with Gasteiger partial charge in [0, 0.05) is 12.3 Å². The number of amides is 1. The van der Waals surface area contributed by atoms with Gasteiger partial charge in [-0.25, -0.2) is 13.2 Å². The molecule has 0 radical (unpaired) electrons. The fourth-order valence-corrected chi connectivity index (χ4v) is 4.39. The van der Waals surface area contributed by atoms with Gasteiger partial charge in [0.1, 0.15) is 5.60 Å². The zero-order chi connectivity index (χ0) is 19.1. The maximum atomic E-state index is 12.6. The molecule has 1 aromatic carbocycles. The van der Waals surface area contributed by atoms with Crippen molar-refractivity contribution in [2.75, 3.05) is 6.26 Å². The van der Waals surface area contributed by atoms with E-state index in [9.17, 15) is 13.2 Å². The quantitative estimate of drug-likeness (QED) is 0.780. The monoisotopic (exact) mass is 377 g/mol. The number of carbonyl (C=O) groups excluding carboxylic acids is 1. The van der Waals surface area contributed by atoms with Crippen LogP contribution in [0.5, 0.6) is 0 Å². The summed E-state index contributed by atoms with van der Waals surface area (Å²) in [5.41, 5.74) is 1.70. The average Bonchev–Trinajstić information content (AvgIpc) is 2.51. The lowest BCUT2D eigenvalue weighted by molar-refractivity contribution is 0.0000823. The molecule has 5 nitrogen and oxygen atoms in total. The molecule has 0 spiro atoms. The van der Waals surface area contributed by atoms with Crippen LogP contribution < -0.4 is 0 Å². The molecule has 6 heteroatoms. The number of benzene rings is 1. The second-order valence-electron chi connectivity index (χ2n) is 8.23. The molecule has 1 fully saturated rings. The minimum Gasteiger partial charge on any atom is -0.444 e. The summed E-state index contributed by atoms with van der Waals surface area (Å²) in [5, 5.41) is 0. The average molecular weight is 378 g/mol. The highest BCUT2D eigenvalue weighted by molar-refractivity contribution is 7.90. The van der Waals surface area contributed by atoms with Gasteiger partial charge in [0.15, 0.2) is 9.84 Å². The van der Waals surface area contributed by atoms with E-state index in [1.165, 1.54) is 11.8 Å². The number of sulfone groups is 1. The van der Waals surface area contributed by atoms with E-state index in [0.29, 0.717) is 4.90 Å². The minimum absolute atomic E-state index is 0.0435. The molecule has 0 N–H and O–H groups in total. The fourth-order valence-electron chi connectivity index (χ4n) is 3.76. The number of hydrogen-bond donors (Lipinski definition) is 0. The second kappa shape index (κ2) is 6.72. The SMILES string of the molecule is CC(C)(C)OC(=O)N1C2C=C(c3ccc(S(C)(=O)=O)cc3)CC1CCC2. The maximum absolute atomic E-state index is 12.6. The number of rotatable bonds is 2. The van der Waals surface area contributed by atoms with Gasteiger partial charge in [-0.3, -0.25) is 4.90 Å². The zero-order valence-electron chi connectivity index (χ0n) is 15.9. The molecule has 0 aromatic heterocycles. The molecule has 2 bridgehead atoms. The molecule has 142 valence electrons. The van der Waals surface area contributed by atoms with Crippen molar-refractivity contribution in [2.24, 2.45) is 0 Å². The molecule has 2 unspecified atom stereocenters. The largest absolute Gasteiger partial charge is 0.444 e. The predicted octanol–water partition coefficient (Wildman–Crippen LogP) is 4.04. The summed E-state index contributed by atoms with van der Waals surface area (Å²) < 4.78 is 28.9. The van der Waals surface area contributed by atoms with Crippen LogP contribution in [0.15, 0.2) is 35.2 Å². The van der Waals surface area contributed by atoms with Crippen molar-refractivity contribution in [3.8, 4) is 0 Å². The van der Waals surface area contributed by atoms with Gasteiger partial charge >= 0.3 is 6.09 Å². The van der Waals surface area contributed by atoms with E-state index in [2.05, 4.69) is 6.08 Å². The Balaban J connectivity index is 1.85. The zero-order valence-corrected chi connectivity index (χ0v) is 16.7. The molecule has 1 amide bonds. The molecule has 0 saturated carbocycles. The Hall–Kier alpha value is -1.82. The van der Waals surface area contributed by atoms with Gasteiger partial charge in [-0.05, 0) is 69.7 Å². The Labute approximate surface area is 155 Å². The third-order valence-corrected chi connectivity index (χ3v) is 6.02. The highest BCUT2D eigenvalue weighted by Crippen LogP contribution is 2.38. The van der Waals surface area contributed by atoms with Gasteiger partial charge in [0.2, 0.25) is 0 Å². The number of fused-ring (bicyclic) bond motifs is 2. The summed E-state index contributed by atoms with van der Waals surface area (Å²) in [4.78, 5) is 14.9. The van der Waals surface area contributed by atoms with Crippen LogP contribution in [-0.4, -0.2) is 43.4 Å². The van der Waals surface area contributed by atoms with Crippen molar-refractivity contribution in [3.05, 3.63) is 35.9 Å². The van der Waals surface area contributed by atoms with Crippen molar-refractivity contribution < 1.29 is 17.9 Å². The molecular formula is C20H27NO4S. The van der Waals surface area contributed by atoms with Gasteiger partial charge < -0.3 is 4.74 Å². The van der Waals surface area contributed by atoms with E-state index in [-0.39, 0.29) is 18.2 Å². The highest BCUT2D eigenvalue weighted by Gasteiger charge is 2.39. The summed E-state index contributed by atoms with van der Waals surface area (Å²) in [7, 11) is -3.19. The summed E-state index contributed by atoms with van der Waals surface area (Å²) in [5.74, 6) is 0. The van der Waals surface area contributed by atoms with Crippen LogP contribution in [0.2, 0.25) is 0 Å². The van der Waals surface area contributed by atoms with E-state index in [4.69, 9.17) is 4.74 Å². The lowest BCUT2D eigenvalue weighted by Crippen LogP contribution is -2.53. The summed E-state index contributed by atoms with van der Waals surface area (Å²) in [6.07, 6.45) is 6.89. The lowest BCUT2D eigenvalue weighted by Gasteiger charge is -2.45.